The third kappa shape index (κ3) is 3.65. The molecule has 1 aliphatic heterocycles. The predicted molar refractivity (Wildman–Crippen MR) is 105 cm³/mol. The highest BCUT2D eigenvalue weighted by atomic mass is 16.2. The number of aromatic nitrogens is 3. The molecular weight excluding hydrogens is 350 g/mol. The van der Waals surface area contributed by atoms with Gasteiger partial charge in [-0.05, 0) is 36.6 Å². The van der Waals surface area contributed by atoms with Gasteiger partial charge in [-0.2, -0.15) is 5.26 Å². The number of carbonyl (C=O) groups is 1. The van der Waals surface area contributed by atoms with Crippen molar-refractivity contribution in [3.8, 4) is 6.07 Å². The van der Waals surface area contributed by atoms with E-state index >= 15 is 0 Å². The number of imidazole rings is 1. The van der Waals surface area contributed by atoms with Crippen LogP contribution in [-0.4, -0.2) is 38.4 Å². The van der Waals surface area contributed by atoms with Crippen LogP contribution in [0.1, 0.15) is 46.1 Å². The number of hydrogen-bond acceptors (Lipinski definition) is 4. The molecule has 1 unspecified atom stereocenters. The van der Waals surface area contributed by atoms with Crippen molar-refractivity contribution in [1.29, 1.82) is 5.26 Å². The fourth-order valence-electron chi connectivity index (χ4n) is 3.81. The molecule has 3 aromatic rings. The van der Waals surface area contributed by atoms with E-state index in [0.29, 0.717) is 30.8 Å². The molecule has 0 saturated carbocycles. The summed E-state index contributed by atoms with van der Waals surface area (Å²) < 4.78 is 2.14. The van der Waals surface area contributed by atoms with E-state index < -0.39 is 0 Å². The average Bonchev–Trinajstić information content (AvgIpc) is 3.22. The molecule has 1 fully saturated rings. The van der Waals surface area contributed by atoms with Crippen molar-refractivity contribution >= 4 is 5.91 Å². The molecule has 2 aromatic heterocycles. The van der Waals surface area contributed by atoms with Crippen LogP contribution >= 0.6 is 0 Å². The minimum absolute atomic E-state index is 0.0767. The molecule has 1 amide bonds. The Labute approximate surface area is 164 Å². The predicted octanol–water partition coefficient (Wildman–Crippen LogP) is 3.22. The lowest BCUT2D eigenvalue weighted by molar-refractivity contribution is 0.0703. The molecule has 1 atom stereocenters. The first-order valence-electron chi connectivity index (χ1n) is 9.44. The average molecular weight is 371 g/mol. The zero-order valence-corrected chi connectivity index (χ0v) is 15.5. The molecular formula is C22H21N5O. The molecule has 0 radical (unpaired) electrons. The third-order valence-corrected chi connectivity index (χ3v) is 5.18. The Balaban J connectivity index is 1.53. The summed E-state index contributed by atoms with van der Waals surface area (Å²) >= 11 is 0. The van der Waals surface area contributed by atoms with Crippen LogP contribution in [0.4, 0.5) is 0 Å². The fraction of sp³-hybridized carbons (Fsp3) is 0.273. The molecule has 4 rings (SSSR count). The molecule has 0 bridgehead atoms. The van der Waals surface area contributed by atoms with Crippen molar-refractivity contribution < 1.29 is 4.79 Å². The summed E-state index contributed by atoms with van der Waals surface area (Å²) in [5, 5.41) is 9.31. The van der Waals surface area contributed by atoms with Crippen LogP contribution in [0.15, 0.2) is 61.2 Å². The molecule has 1 aliphatic rings. The molecule has 140 valence electrons. The summed E-state index contributed by atoms with van der Waals surface area (Å²) in [5.41, 5.74) is 2.02. The Hall–Kier alpha value is -3.46. The maximum Gasteiger partial charge on any atom is 0.255 e. The Bertz CT molecular complexity index is 1010. The van der Waals surface area contributed by atoms with Crippen LogP contribution in [0.25, 0.3) is 0 Å². The van der Waals surface area contributed by atoms with Gasteiger partial charge in [0.25, 0.3) is 5.91 Å². The normalized spacial score (nSPS) is 16.5. The Morgan fingerprint density at radius 2 is 2.11 bits per heavy atom. The van der Waals surface area contributed by atoms with Crippen molar-refractivity contribution in [2.75, 3.05) is 13.1 Å². The van der Waals surface area contributed by atoms with Crippen LogP contribution in [0, 0.1) is 11.3 Å². The van der Waals surface area contributed by atoms with Crippen molar-refractivity contribution in [2.24, 2.45) is 0 Å². The van der Waals surface area contributed by atoms with E-state index in [9.17, 15) is 10.1 Å². The quantitative estimate of drug-likeness (QED) is 0.706. The summed E-state index contributed by atoms with van der Waals surface area (Å²) in [6, 6.07) is 13.1. The lowest BCUT2D eigenvalue weighted by atomic mass is 9.95. The van der Waals surface area contributed by atoms with Crippen molar-refractivity contribution in [1.82, 2.24) is 19.4 Å². The van der Waals surface area contributed by atoms with Gasteiger partial charge in [-0.1, -0.05) is 18.2 Å². The summed E-state index contributed by atoms with van der Waals surface area (Å²) in [7, 11) is 0. The number of hydrogen-bond donors (Lipinski definition) is 0. The lowest BCUT2D eigenvalue weighted by Crippen LogP contribution is -2.40. The van der Waals surface area contributed by atoms with E-state index in [0.717, 1.165) is 24.2 Å². The van der Waals surface area contributed by atoms with E-state index in [2.05, 4.69) is 20.6 Å². The van der Waals surface area contributed by atoms with Crippen LogP contribution in [0.2, 0.25) is 0 Å². The van der Waals surface area contributed by atoms with Gasteiger partial charge < -0.3 is 9.47 Å². The number of pyridine rings is 1. The number of benzene rings is 1. The number of rotatable bonds is 4. The topological polar surface area (TPSA) is 74.8 Å². The van der Waals surface area contributed by atoms with E-state index in [4.69, 9.17) is 0 Å². The summed E-state index contributed by atoms with van der Waals surface area (Å²) in [6.45, 7) is 2.03. The minimum atomic E-state index is -0.0767. The SMILES string of the molecule is N#Cc1ccccc1C(=O)N1CCCC(c2nccn2Cc2cccnc2)C1. The summed E-state index contributed by atoms with van der Waals surface area (Å²) in [4.78, 5) is 23.6. The van der Waals surface area contributed by atoms with E-state index in [1.165, 1.54) is 0 Å². The van der Waals surface area contributed by atoms with Gasteiger partial charge in [0, 0.05) is 43.8 Å². The van der Waals surface area contributed by atoms with Gasteiger partial charge in [-0.3, -0.25) is 9.78 Å². The van der Waals surface area contributed by atoms with Crippen LogP contribution in [0.5, 0.6) is 0 Å². The first-order valence-corrected chi connectivity index (χ1v) is 9.44. The second-order valence-corrected chi connectivity index (χ2v) is 7.02. The molecule has 1 aromatic carbocycles. The standard InChI is InChI=1S/C22H21N5O/c23-13-18-6-1-2-8-20(18)22(28)27-11-4-7-19(16-27)21-25-10-12-26(21)15-17-5-3-9-24-14-17/h1-3,5-6,8-10,12,14,19H,4,7,11,15-16H2. The highest BCUT2D eigenvalue weighted by molar-refractivity contribution is 5.96. The Morgan fingerprint density at radius 3 is 2.93 bits per heavy atom. The maximum atomic E-state index is 13.0. The second-order valence-electron chi connectivity index (χ2n) is 7.02. The highest BCUT2D eigenvalue weighted by Crippen LogP contribution is 2.27. The monoisotopic (exact) mass is 371 g/mol. The molecule has 1 saturated heterocycles. The van der Waals surface area contributed by atoms with E-state index in [-0.39, 0.29) is 11.8 Å². The van der Waals surface area contributed by atoms with Crippen LogP contribution < -0.4 is 0 Å². The molecule has 6 heteroatoms. The first-order chi connectivity index (χ1) is 13.8. The van der Waals surface area contributed by atoms with Gasteiger partial charge in [-0.15, -0.1) is 0 Å². The number of likely N-dealkylation sites (tertiary alicyclic amines) is 1. The van der Waals surface area contributed by atoms with Gasteiger partial charge in [0.15, 0.2) is 0 Å². The largest absolute Gasteiger partial charge is 0.338 e. The summed E-state index contributed by atoms with van der Waals surface area (Å²) in [5.74, 6) is 1.10. The van der Waals surface area contributed by atoms with E-state index in [1.807, 2.05) is 35.6 Å². The number of nitrogens with zero attached hydrogens (tertiary/aromatic N) is 5. The zero-order chi connectivity index (χ0) is 19.3. The first kappa shape index (κ1) is 17.9. The Kier molecular flexibility index (Phi) is 5.16. The second kappa shape index (κ2) is 8.05. The third-order valence-electron chi connectivity index (χ3n) is 5.18. The highest BCUT2D eigenvalue weighted by Gasteiger charge is 2.28. The van der Waals surface area contributed by atoms with Gasteiger partial charge in [-0.25, -0.2) is 4.98 Å². The summed E-state index contributed by atoms with van der Waals surface area (Å²) in [6.07, 6.45) is 9.34. The van der Waals surface area contributed by atoms with E-state index in [1.54, 1.807) is 30.5 Å². The number of piperidine rings is 1. The number of nitriles is 1. The van der Waals surface area contributed by atoms with Gasteiger partial charge in [0.1, 0.15) is 5.82 Å². The molecule has 6 nitrogen and oxygen atoms in total. The molecule has 0 spiro atoms. The smallest absolute Gasteiger partial charge is 0.255 e. The fourth-order valence-corrected chi connectivity index (χ4v) is 3.81. The molecule has 3 heterocycles. The van der Waals surface area contributed by atoms with Gasteiger partial charge in [0.2, 0.25) is 0 Å². The molecule has 0 aliphatic carbocycles. The van der Waals surface area contributed by atoms with Gasteiger partial charge in [0.05, 0.1) is 23.7 Å². The van der Waals surface area contributed by atoms with Crippen molar-refractivity contribution in [3.05, 3.63) is 83.7 Å². The maximum absolute atomic E-state index is 13.0. The number of carbonyl (C=O) groups excluding carboxylic acids is 1. The Morgan fingerprint density at radius 1 is 1.21 bits per heavy atom. The van der Waals surface area contributed by atoms with Crippen molar-refractivity contribution in [2.45, 2.75) is 25.3 Å². The van der Waals surface area contributed by atoms with Gasteiger partial charge >= 0.3 is 0 Å². The molecule has 28 heavy (non-hydrogen) atoms. The van der Waals surface area contributed by atoms with Crippen LogP contribution in [-0.2, 0) is 6.54 Å². The minimum Gasteiger partial charge on any atom is -0.338 e. The lowest BCUT2D eigenvalue weighted by Gasteiger charge is -2.33. The number of amides is 1. The van der Waals surface area contributed by atoms with Crippen LogP contribution in [0.3, 0.4) is 0 Å². The zero-order valence-electron chi connectivity index (χ0n) is 15.5. The van der Waals surface area contributed by atoms with Crippen molar-refractivity contribution in [3.63, 3.8) is 0 Å². The molecule has 0 N–H and O–H groups in total.